The number of benzene rings is 1. The molecule has 0 aliphatic carbocycles. The Morgan fingerprint density at radius 2 is 2.00 bits per heavy atom. The molecule has 0 radical (unpaired) electrons. The molecule has 0 unspecified atom stereocenters. The molecule has 0 saturated heterocycles. The van der Waals surface area contributed by atoms with Crippen molar-refractivity contribution in [1.82, 2.24) is 4.83 Å². The fraction of sp³-hybridized carbons (Fsp3) is 0.154. The Labute approximate surface area is 132 Å². The number of hydrazone groups is 1. The average Bonchev–Trinajstić information content (AvgIpc) is 2.94. The monoisotopic (exact) mass is 341 g/mol. The minimum atomic E-state index is -3.71. The number of rotatable bonds is 5. The van der Waals surface area contributed by atoms with Gasteiger partial charge in [0, 0.05) is 0 Å². The molecule has 8 heteroatoms. The minimum Gasteiger partial charge on any atom is -0.381 e. The van der Waals surface area contributed by atoms with Gasteiger partial charge in [-0.1, -0.05) is 18.2 Å². The number of nitrogens with one attached hydrogen (secondary N) is 1. The molecule has 0 saturated carbocycles. The van der Waals surface area contributed by atoms with E-state index in [1.807, 2.05) is 18.4 Å². The Morgan fingerprint density at radius 1 is 1.29 bits per heavy atom. The summed E-state index contributed by atoms with van der Waals surface area (Å²) in [6, 6.07) is 10.4. The molecular weight excluding hydrogens is 326 g/mol. The fourth-order valence-electron chi connectivity index (χ4n) is 1.64. The van der Waals surface area contributed by atoms with Crippen molar-refractivity contribution in [3.8, 4) is 0 Å². The van der Waals surface area contributed by atoms with E-state index in [0.29, 0.717) is 5.56 Å². The lowest BCUT2D eigenvalue weighted by molar-refractivity contribution is 0.584. The molecule has 3 N–H and O–H groups in total. The van der Waals surface area contributed by atoms with Crippen LogP contribution in [0.3, 0.4) is 0 Å². The molecule has 0 amide bonds. The fourth-order valence-corrected chi connectivity index (χ4v) is 4.15. The van der Waals surface area contributed by atoms with Gasteiger partial charge in [0.2, 0.25) is 0 Å². The highest BCUT2D eigenvalue weighted by atomic mass is 32.2. The summed E-state index contributed by atoms with van der Waals surface area (Å²) in [5.41, 5.74) is 6.46. The highest BCUT2D eigenvalue weighted by Gasteiger charge is 2.15. The van der Waals surface area contributed by atoms with E-state index < -0.39 is 10.0 Å². The van der Waals surface area contributed by atoms with E-state index in [1.54, 1.807) is 36.9 Å². The van der Waals surface area contributed by atoms with Crippen molar-refractivity contribution < 1.29 is 8.42 Å². The molecule has 1 aromatic carbocycles. The van der Waals surface area contributed by atoms with Gasteiger partial charge in [-0.05, 0) is 36.9 Å². The van der Waals surface area contributed by atoms with Gasteiger partial charge in [-0.2, -0.15) is 13.2 Å². The zero-order valence-electron chi connectivity index (χ0n) is 11.5. The molecule has 2 aromatic rings. The summed E-state index contributed by atoms with van der Waals surface area (Å²) in [6.07, 6.45) is 1.96. The first-order valence-corrected chi connectivity index (χ1v) is 9.51. The Morgan fingerprint density at radius 3 is 2.62 bits per heavy atom. The van der Waals surface area contributed by atoms with Crippen LogP contribution in [-0.2, 0) is 10.0 Å². The number of aryl methyl sites for hydroxylation is 1. The third-order valence-corrected chi connectivity index (χ3v) is 6.26. The van der Waals surface area contributed by atoms with E-state index in [2.05, 4.69) is 9.93 Å². The van der Waals surface area contributed by atoms with Crippen LogP contribution >= 0.6 is 23.1 Å². The predicted molar refractivity (Wildman–Crippen MR) is 88.3 cm³/mol. The maximum absolute atomic E-state index is 12.2. The minimum absolute atomic E-state index is 0.150. The molecule has 0 fully saturated rings. The largest absolute Gasteiger partial charge is 0.381 e. The average molecular weight is 341 g/mol. The lowest BCUT2D eigenvalue weighted by Gasteiger charge is -2.06. The maximum Gasteiger partial charge on any atom is 0.276 e. The number of nitrogens with two attached hydrogens (primary N) is 1. The summed E-state index contributed by atoms with van der Waals surface area (Å²) in [4.78, 5) is 3.10. The topological polar surface area (TPSA) is 84.5 Å². The summed E-state index contributed by atoms with van der Waals surface area (Å²) in [6.45, 7) is 1.73. The zero-order valence-corrected chi connectivity index (χ0v) is 14.0. The molecule has 0 bridgehead atoms. The van der Waals surface area contributed by atoms with E-state index in [0.717, 1.165) is 9.09 Å². The van der Waals surface area contributed by atoms with Crippen molar-refractivity contribution >= 4 is 39.0 Å². The number of nitrogens with zero attached hydrogens (tertiary/aromatic N) is 1. The summed E-state index contributed by atoms with van der Waals surface area (Å²) in [5.74, 6) is 0.150. The van der Waals surface area contributed by atoms with Gasteiger partial charge in [0.05, 0.1) is 14.0 Å². The summed E-state index contributed by atoms with van der Waals surface area (Å²) < 4.78 is 25.4. The molecule has 5 nitrogen and oxygen atoms in total. The van der Waals surface area contributed by atoms with Crippen molar-refractivity contribution in [2.75, 3.05) is 6.26 Å². The SMILES string of the molecule is CSc1ccc(C(N)=NNS(=O)(=O)c2ccccc2C)s1. The van der Waals surface area contributed by atoms with Gasteiger partial charge in [0.1, 0.15) is 0 Å². The Kier molecular flexibility index (Phi) is 4.92. The van der Waals surface area contributed by atoms with Crippen LogP contribution < -0.4 is 10.6 Å². The van der Waals surface area contributed by atoms with Crippen LogP contribution in [0.1, 0.15) is 10.4 Å². The first-order chi connectivity index (χ1) is 9.94. The van der Waals surface area contributed by atoms with Crippen molar-refractivity contribution in [1.29, 1.82) is 0 Å². The molecule has 1 aromatic heterocycles. The van der Waals surface area contributed by atoms with Crippen LogP contribution in [0.5, 0.6) is 0 Å². The van der Waals surface area contributed by atoms with Crippen molar-refractivity contribution in [3.05, 3.63) is 46.8 Å². The molecule has 0 atom stereocenters. The molecule has 2 rings (SSSR count). The van der Waals surface area contributed by atoms with Gasteiger partial charge in [-0.25, -0.2) is 0 Å². The molecular formula is C13H15N3O2S3. The summed E-state index contributed by atoms with van der Waals surface area (Å²) >= 11 is 3.06. The number of amidine groups is 1. The van der Waals surface area contributed by atoms with Crippen LogP contribution in [0.2, 0.25) is 0 Å². The van der Waals surface area contributed by atoms with Crippen molar-refractivity contribution in [2.24, 2.45) is 10.8 Å². The van der Waals surface area contributed by atoms with Crippen LogP contribution in [0, 0.1) is 6.92 Å². The first kappa shape index (κ1) is 15.9. The highest BCUT2D eigenvalue weighted by Crippen LogP contribution is 2.24. The van der Waals surface area contributed by atoms with Crippen molar-refractivity contribution in [3.63, 3.8) is 0 Å². The zero-order chi connectivity index (χ0) is 15.5. The van der Waals surface area contributed by atoms with Gasteiger partial charge in [0.25, 0.3) is 10.0 Å². The van der Waals surface area contributed by atoms with Crippen LogP contribution in [0.25, 0.3) is 0 Å². The second-order valence-electron chi connectivity index (χ2n) is 4.18. The molecule has 1 heterocycles. The molecule has 0 spiro atoms. The van der Waals surface area contributed by atoms with Crippen LogP contribution in [0.4, 0.5) is 0 Å². The maximum atomic E-state index is 12.2. The Balaban J connectivity index is 2.21. The number of thioether (sulfide) groups is 1. The van der Waals surface area contributed by atoms with Gasteiger partial charge in [0.15, 0.2) is 5.84 Å². The Bertz CT molecular complexity index is 766. The van der Waals surface area contributed by atoms with Gasteiger partial charge in [-0.3, -0.25) is 0 Å². The normalized spacial score (nSPS) is 12.4. The second-order valence-corrected chi connectivity index (χ2v) is 8.00. The third kappa shape index (κ3) is 3.78. The highest BCUT2D eigenvalue weighted by molar-refractivity contribution is 8.00. The van der Waals surface area contributed by atoms with E-state index in [-0.39, 0.29) is 10.7 Å². The van der Waals surface area contributed by atoms with Crippen LogP contribution in [0.15, 0.2) is 50.6 Å². The number of hydrogen-bond donors (Lipinski definition) is 2. The van der Waals surface area contributed by atoms with Gasteiger partial charge < -0.3 is 5.73 Å². The van der Waals surface area contributed by atoms with Gasteiger partial charge in [-0.15, -0.1) is 28.2 Å². The summed E-state index contributed by atoms with van der Waals surface area (Å²) in [7, 11) is -3.71. The van der Waals surface area contributed by atoms with Crippen molar-refractivity contribution in [2.45, 2.75) is 16.0 Å². The molecule has 112 valence electrons. The molecule has 0 aliphatic heterocycles. The quantitative estimate of drug-likeness (QED) is 0.378. The standard InChI is InChI=1S/C13H15N3O2S3/c1-9-5-3-4-6-11(9)21(17,18)16-15-13(14)10-7-8-12(19-2)20-10/h3-8,16H,1-2H3,(H2,14,15). The molecule has 21 heavy (non-hydrogen) atoms. The number of hydrogen-bond acceptors (Lipinski definition) is 5. The van der Waals surface area contributed by atoms with E-state index in [1.165, 1.54) is 17.4 Å². The second kappa shape index (κ2) is 6.50. The lowest BCUT2D eigenvalue weighted by atomic mass is 10.2. The lowest BCUT2D eigenvalue weighted by Crippen LogP contribution is -2.24. The smallest absolute Gasteiger partial charge is 0.276 e. The first-order valence-electron chi connectivity index (χ1n) is 5.99. The summed E-state index contributed by atoms with van der Waals surface area (Å²) in [5, 5.41) is 3.79. The third-order valence-electron chi connectivity index (χ3n) is 2.70. The van der Waals surface area contributed by atoms with E-state index in [4.69, 9.17) is 5.73 Å². The number of thiophene rings is 1. The predicted octanol–water partition coefficient (Wildman–Crippen LogP) is 2.38. The van der Waals surface area contributed by atoms with Crippen LogP contribution in [-0.4, -0.2) is 20.5 Å². The molecule has 0 aliphatic rings. The van der Waals surface area contributed by atoms with Gasteiger partial charge >= 0.3 is 0 Å². The van der Waals surface area contributed by atoms with E-state index in [9.17, 15) is 8.42 Å². The number of sulfonamides is 1. The van der Waals surface area contributed by atoms with E-state index >= 15 is 0 Å². The Hall–Kier alpha value is -1.51.